The zero-order valence-electron chi connectivity index (χ0n) is 13.7. The van der Waals surface area contributed by atoms with Crippen LogP contribution in [0.25, 0.3) is 0 Å². The molecule has 1 saturated heterocycles. The van der Waals surface area contributed by atoms with Crippen molar-refractivity contribution in [2.75, 3.05) is 33.4 Å². The van der Waals surface area contributed by atoms with E-state index >= 15 is 0 Å². The number of nitrogens with zero attached hydrogens (tertiary/aromatic N) is 1. The zero-order chi connectivity index (χ0) is 15.3. The molecular formula is C16H30N2O3. The maximum Gasteiger partial charge on any atom is 0.327 e. The Labute approximate surface area is 128 Å². The van der Waals surface area contributed by atoms with Gasteiger partial charge in [0.2, 0.25) is 0 Å². The van der Waals surface area contributed by atoms with Crippen LogP contribution in [0.5, 0.6) is 0 Å². The predicted octanol–water partition coefficient (Wildman–Crippen LogP) is 1.56. The Balaban J connectivity index is 1.88. The highest BCUT2D eigenvalue weighted by Crippen LogP contribution is 2.24. The van der Waals surface area contributed by atoms with Gasteiger partial charge in [0.15, 0.2) is 0 Å². The lowest BCUT2D eigenvalue weighted by Gasteiger charge is -2.35. The molecule has 0 spiro atoms. The molecule has 0 aromatic carbocycles. The Morgan fingerprint density at radius 1 is 1.38 bits per heavy atom. The summed E-state index contributed by atoms with van der Waals surface area (Å²) in [6, 6.07) is 0.471. The highest BCUT2D eigenvalue weighted by molar-refractivity contribution is 5.80. The normalized spacial score (nSPS) is 25.6. The zero-order valence-corrected chi connectivity index (χ0v) is 13.7. The van der Waals surface area contributed by atoms with Crippen molar-refractivity contribution in [2.45, 2.75) is 63.6 Å². The van der Waals surface area contributed by atoms with E-state index in [1.165, 1.54) is 12.8 Å². The minimum absolute atomic E-state index is 0.145. The van der Waals surface area contributed by atoms with Gasteiger partial charge in [-0.1, -0.05) is 0 Å². The third-order valence-corrected chi connectivity index (χ3v) is 4.20. The summed E-state index contributed by atoms with van der Waals surface area (Å²) in [6.45, 7) is 6.64. The van der Waals surface area contributed by atoms with Gasteiger partial charge in [-0.2, -0.15) is 0 Å². The van der Waals surface area contributed by atoms with Crippen molar-refractivity contribution in [3.8, 4) is 0 Å². The van der Waals surface area contributed by atoms with Crippen LogP contribution < -0.4 is 5.32 Å². The quantitative estimate of drug-likeness (QED) is 0.689. The number of hydrogen-bond donors (Lipinski definition) is 1. The van der Waals surface area contributed by atoms with Crippen LogP contribution in [0.1, 0.15) is 46.0 Å². The van der Waals surface area contributed by atoms with Gasteiger partial charge < -0.3 is 14.4 Å². The van der Waals surface area contributed by atoms with E-state index in [1.807, 2.05) is 13.8 Å². The SMILES string of the molecule is CCOC(=O)C(C)(CN(C)CC1CCCCO1)NC1CC1. The minimum atomic E-state index is -0.624. The fraction of sp³-hybridized carbons (Fsp3) is 0.938. The molecule has 0 aromatic heterocycles. The first-order valence-corrected chi connectivity index (χ1v) is 8.28. The van der Waals surface area contributed by atoms with Gasteiger partial charge in [-0.05, 0) is 53.0 Å². The first kappa shape index (κ1) is 16.7. The summed E-state index contributed by atoms with van der Waals surface area (Å²) >= 11 is 0. The molecule has 2 atom stereocenters. The molecule has 1 aliphatic carbocycles. The average molecular weight is 298 g/mol. The summed E-state index contributed by atoms with van der Waals surface area (Å²) in [5.41, 5.74) is -0.624. The third-order valence-electron chi connectivity index (χ3n) is 4.20. The molecule has 0 aromatic rings. The number of esters is 1. The van der Waals surface area contributed by atoms with E-state index in [9.17, 15) is 4.79 Å². The topological polar surface area (TPSA) is 50.8 Å². The second-order valence-corrected chi connectivity index (χ2v) is 6.66. The molecule has 5 heteroatoms. The first-order chi connectivity index (χ1) is 10.0. The maximum absolute atomic E-state index is 12.3. The summed E-state index contributed by atoms with van der Waals surface area (Å²) in [5.74, 6) is -0.145. The highest BCUT2D eigenvalue weighted by atomic mass is 16.5. The summed E-state index contributed by atoms with van der Waals surface area (Å²) in [6.07, 6.45) is 6.15. The van der Waals surface area contributed by atoms with Gasteiger partial charge in [0.1, 0.15) is 5.54 Å². The Kier molecular flexibility index (Phi) is 6.02. The number of nitrogens with one attached hydrogen (secondary N) is 1. The molecule has 5 nitrogen and oxygen atoms in total. The Bertz CT molecular complexity index is 340. The van der Waals surface area contributed by atoms with E-state index in [2.05, 4.69) is 17.3 Å². The molecule has 1 aliphatic heterocycles. The molecule has 2 unspecified atom stereocenters. The molecular weight excluding hydrogens is 268 g/mol. The Morgan fingerprint density at radius 2 is 2.14 bits per heavy atom. The van der Waals surface area contributed by atoms with Gasteiger partial charge in [0, 0.05) is 25.7 Å². The van der Waals surface area contributed by atoms with Crippen molar-refractivity contribution in [3.63, 3.8) is 0 Å². The lowest BCUT2D eigenvalue weighted by molar-refractivity contribution is -0.151. The smallest absolute Gasteiger partial charge is 0.327 e. The van der Waals surface area contributed by atoms with E-state index in [4.69, 9.17) is 9.47 Å². The Hall–Kier alpha value is -0.650. The van der Waals surface area contributed by atoms with Crippen molar-refractivity contribution < 1.29 is 14.3 Å². The van der Waals surface area contributed by atoms with Crippen LogP contribution in [0.3, 0.4) is 0 Å². The first-order valence-electron chi connectivity index (χ1n) is 8.28. The molecule has 0 amide bonds. The van der Waals surface area contributed by atoms with Gasteiger partial charge in [-0.15, -0.1) is 0 Å². The lowest BCUT2D eigenvalue weighted by Crippen LogP contribution is -2.58. The van der Waals surface area contributed by atoms with Crippen LogP contribution in [-0.4, -0.2) is 61.9 Å². The van der Waals surface area contributed by atoms with E-state index in [-0.39, 0.29) is 5.97 Å². The molecule has 0 radical (unpaired) electrons. The van der Waals surface area contributed by atoms with E-state index < -0.39 is 5.54 Å². The molecule has 1 heterocycles. The number of likely N-dealkylation sites (N-methyl/N-ethyl adjacent to an activating group) is 1. The lowest BCUT2D eigenvalue weighted by atomic mass is 10.0. The summed E-state index contributed by atoms with van der Waals surface area (Å²) in [4.78, 5) is 14.5. The molecule has 21 heavy (non-hydrogen) atoms. The van der Waals surface area contributed by atoms with E-state index in [0.29, 0.717) is 25.3 Å². The molecule has 2 aliphatic rings. The number of carbonyl (C=O) groups is 1. The summed E-state index contributed by atoms with van der Waals surface area (Å²) in [7, 11) is 2.06. The summed E-state index contributed by atoms with van der Waals surface area (Å²) in [5, 5.41) is 3.46. The van der Waals surface area contributed by atoms with Crippen molar-refractivity contribution >= 4 is 5.97 Å². The fourth-order valence-electron chi connectivity index (χ4n) is 3.04. The second kappa shape index (κ2) is 7.56. The van der Waals surface area contributed by atoms with Crippen LogP contribution in [0.15, 0.2) is 0 Å². The number of carbonyl (C=O) groups excluding carboxylic acids is 1. The predicted molar refractivity (Wildman–Crippen MR) is 82.3 cm³/mol. The number of ether oxygens (including phenoxy) is 2. The van der Waals surface area contributed by atoms with Crippen LogP contribution in [0.2, 0.25) is 0 Å². The Morgan fingerprint density at radius 3 is 2.71 bits per heavy atom. The van der Waals surface area contributed by atoms with Gasteiger partial charge in [-0.25, -0.2) is 0 Å². The van der Waals surface area contributed by atoms with E-state index in [1.54, 1.807) is 0 Å². The maximum atomic E-state index is 12.3. The second-order valence-electron chi connectivity index (χ2n) is 6.66. The molecule has 2 fully saturated rings. The van der Waals surface area contributed by atoms with Gasteiger partial charge in [0.25, 0.3) is 0 Å². The molecule has 1 N–H and O–H groups in total. The van der Waals surface area contributed by atoms with Crippen LogP contribution >= 0.6 is 0 Å². The van der Waals surface area contributed by atoms with Crippen molar-refractivity contribution in [3.05, 3.63) is 0 Å². The van der Waals surface area contributed by atoms with Crippen molar-refractivity contribution in [1.29, 1.82) is 0 Å². The average Bonchev–Trinajstić information content (AvgIpc) is 3.23. The van der Waals surface area contributed by atoms with Crippen LogP contribution in [0.4, 0.5) is 0 Å². The standard InChI is InChI=1S/C16H30N2O3/c1-4-20-15(19)16(2,17-13-8-9-13)12-18(3)11-14-7-5-6-10-21-14/h13-14,17H,4-12H2,1-3H3. The largest absolute Gasteiger partial charge is 0.465 e. The van der Waals surface area contributed by atoms with Gasteiger partial charge in [-0.3, -0.25) is 10.1 Å². The molecule has 2 rings (SSSR count). The summed E-state index contributed by atoms with van der Waals surface area (Å²) < 4.78 is 11.1. The molecule has 1 saturated carbocycles. The van der Waals surface area contributed by atoms with Crippen LogP contribution in [0, 0.1) is 0 Å². The highest BCUT2D eigenvalue weighted by Gasteiger charge is 2.40. The number of hydrogen-bond acceptors (Lipinski definition) is 5. The van der Waals surface area contributed by atoms with Crippen molar-refractivity contribution in [2.24, 2.45) is 0 Å². The van der Waals surface area contributed by atoms with E-state index in [0.717, 1.165) is 32.4 Å². The van der Waals surface area contributed by atoms with Crippen LogP contribution in [-0.2, 0) is 14.3 Å². The van der Waals surface area contributed by atoms with Crippen molar-refractivity contribution in [1.82, 2.24) is 10.2 Å². The van der Waals surface area contributed by atoms with Gasteiger partial charge >= 0.3 is 5.97 Å². The minimum Gasteiger partial charge on any atom is -0.465 e. The monoisotopic (exact) mass is 298 g/mol. The fourth-order valence-corrected chi connectivity index (χ4v) is 3.04. The third kappa shape index (κ3) is 5.24. The molecule has 0 bridgehead atoms. The molecule has 122 valence electrons. The van der Waals surface area contributed by atoms with Gasteiger partial charge in [0.05, 0.1) is 12.7 Å². The number of rotatable bonds is 8.